The molecule has 0 radical (unpaired) electrons. The smallest absolute Gasteiger partial charge is 0.373 e. The van der Waals surface area contributed by atoms with E-state index in [-0.39, 0.29) is 44.4 Å². The lowest BCUT2D eigenvalue weighted by Gasteiger charge is -2.67. The third-order valence-electron chi connectivity index (χ3n) is 19.5. The highest BCUT2D eigenvalue weighted by molar-refractivity contribution is 7.73. The highest BCUT2D eigenvalue weighted by atomic mass is 31.1. The lowest BCUT2D eigenvalue weighted by Crippen LogP contribution is -2.90. The van der Waals surface area contributed by atoms with Crippen LogP contribution in [-0.2, 0) is 49.4 Å². The summed E-state index contributed by atoms with van der Waals surface area (Å²) >= 11 is 0. The second kappa shape index (κ2) is 19.2. The summed E-state index contributed by atoms with van der Waals surface area (Å²) in [5.41, 5.74) is 0.316. The molecule has 13 aliphatic rings. The molecular weight excluding hydrogens is 1050 g/mol. The molecule has 0 aromatic heterocycles. The third-order valence-corrected chi connectivity index (χ3v) is 62.4. The molecule has 21 heteroatoms. The standard InChI is InChI=1S/C50H79O12PSi8/c1-41(63(42-22-4-2-5-23-42)43-24-6-3-7-25-43)40-64-51-65(44-26-8-9-27-44)54-68(47-32-14-15-33-47)56-66(52-64,45-28-10-11-29-45)58-70(49-36-18-19-37-49)59-67(53-64,46-30-12-13-31-46)57-69(55-65,48-34-16-17-35-48)61-71(60-68,62-70)50-38-20-21-39-50/h2-7,22-25,41,44-50H,8-21,26-40H2,1H3. The number of hydrogen-bond acceptors (Lipinski definition) is 12. The molecule has 15 rings (SSSR count). The van der Waals surface area contributed by atoms with E-state index >= 15 is 0 Å². The minimum absolute atomic E-state index is 0.0186. The first kappa shape index (κ1) is 49.4. The van der Waals surface area contributed by atoms with Crippen molar-refractivity contribution in [3.8, 4) is 0 Å². The normalized spacial score (nSPS) is 43.5. The zero-order valence-electron chi connectivity index (χ0n) is 42.2. The van der Waals surface area contributed by atoms with Crippen LogP contribution in [0.1, 0.15) is 187 Å². The Hall–Kier alpha value is 0.125. The molecule has 71 heavy (non-hydrogen) atoms. The van der Waals surface area contributed by atoms with Gasteiger partial charge in [-0.3, -0.25) is 0 Å². The fourth-order valence-electron chi connectivity index (χ4n) is 16.1. The monoisotopic (exact) mass is 1130 g/mol. The van der Waals surface area contributed by atoms with E-state index in [4.69, 9.17) is 49.4 Å². The summed E-state index contributed by atoms with van der Waals surface area (Å²) in [6.07, 6.45) is 29.1. The molecule has 2 aromatic rings. The molecule has 1 atom stereocenters. The highest BCUT2D eigenvalue weighted by Crippen LogP contribution is 2.66. The molecule has 6 heterocycles. The van der Waals surface area contributed by atoms with Gasteiger partial charge in [-0.25, -0.2) is 0 Å². The van der Waals surface area contributed by atoms with Gasteiger partial charge in [0, 0.05) is 44.8 Å². The molecule has 2 aromatic carbocycles. The Labute approximate surface area is 433 Å². The maximum atomic E-state index is 8.71. The second-order valence-electron chi connectivity index (χ2n) is 24.1. The van der Waals surface area contributed by atoms with E-state index in [0.29, 0.717) is 6.04 Å². The SMILES string of the molecule is CC(C[Si]12O[Si]3(C4CCCC4)O[Si]4(C5CCCC5)O[Si](C5CCCC5)(O1)O[Si]1(C5CCCC5)O[Si](C5CCCC5)(O2)O[Si](C2CCCC2)(O3)O[Si](C2CCCC2)(O4)O1)P(c1ccccc1)c1ccccc1. The van der Waals surface area contributed by atoms with E-state index in [9.17, 15) is 0 Å². The van der Waals surface area contributed by atoms with Gasteiger partial charge in [0.25, 0.3) is 0 Å². The van der Waals surface area contributed by atoms with E-state index in [1.165, 1.54) is 10.6 Å². The molecule has 388 valence electrons. The van der Waals surface area contributed by atoms with Crippen LogP contribution in [0.3, 0.4) is 0 Å². The van der Waals surface area contributed by atoms with Crippen molar-refractivity contribution in [2.75, 3.05) is 0 Å². The first-order valence-electron chi connectivity index (χ1n) is 29.0. The van der Waals surface area contributed by atoms with Crippen LogP contribution in [-0.4, -0.2) is 76.1 Å². The van der Waals surface area contributed by atoms with Crippen LogP contribution in [0, 0.1) is 0 Å². The molecule has 12 nitrogen and oxygen atoms in total. The van der Waals surface area contributed by atoms with Gasteiger partial charge in [-0.15, -0.1) is 0 Å². The minimum Gasteiger partial charge on any atom is -0.373 e. The van der Waals surface area contributed by atoms with E-state index in [2.05, 4.69) is 67.6 Å². The Balaban J connectivity index is 1.06. The Bertz CT molecular complexity index is 1990. The summed E-state index contributed by atoms with van der Waals surface area (Å²) in [6.45, 7) is 2.43. The predicted molar refractivity (Wildman–Crippen MR) is 288 cm³/mol. The molecule has 13 fully saturated rings. The molecule has 0 N–H and O–H groups in total. The summed E-state index contributed by atoms with van der Waals surface area (Å²) in [6, 6.07) is 22.9. The number of benzene rings is 2. The zero-order chi connectivity index (χ0) is 47.4. The Kier molecular flexibility index (Phi) is 13.4. The predicted octanol–water partition coefficient (Wildman–Crippen LogP) is 12.9. The van der Waals surface area contributed by atoms with Gasteiger partial charge in [-0.05, 0) is 114 Å². The summed E-state index contributed by atoms with van der Waals surface area (Å²) in [5.74, 6) is 0. The fourth-order valence-corrected chi connectivity index (χ4v) is 75.8. The molecule has 8 bridgehead atoms. The van der Waals surface area contributed by atoms with Crippen molar-refractivity contribution in [1.29, 1.82) is 0 Å². The Morgan fingerprint density at radius 3 is 0.732 bits per heavy atom. The number of rotatable bonds is 12. The largest absolute Gasteiger partial charge is 0.482 e. The van der Waals surface area contributed by atoms with Crippen molar-refractivity contribution in [2.24, 2.45) is 0 Å². The van der Waals surface area contributed by atoms with E-state index in [1.807, 2.05) is 0 Å². The van der Waals surface area contributed by atoms with Gasteiger partial charge in [-0.1, -0.05) is 157 Å². The topological polar surface area (TPSA) is 111 Å². The van der Waals surface area contributed by atoms with Crippen molar-refractivity contribution in [3.05, 3.63) is 60.7 Å². The second-order valence-corrected chi connectivity index (χ2v) is 52.5. The lowest BCUT2D eigenvalue weighted by atomic mass is 10.4. The summed E-state index contributed by atoms with van der Waals surface area (Å²) in [4.78, 5) is 0. The first-order chi connectivity index (χ1) is 34.7. The van der Waals surface area contributed by atoms with E-state index < -0.39 is 78.4 Å². The molecule has 6 aliphatic heterocycles. The molecule has 6 saturated heterocycles. The van der Waals surface area contributed by atoms with Gasteiger partial charge in [0.05, 0.1) is 0 Å². The molecule has 0 spiro atoms. The van der Waals surface area contributed by atoms with Crippen molar-refractivity contribution in [1.82, 2.24) is 0 Å². The van der Waals surface area contributed by atoms with Gasteiger partial charge in [-0.2, -0.15) is 0 Å². The van der Waals surface area contributed by atoms with Gasteiger partial charge in [0.15, 0.2) is 0 Å². The highest BCUT2D eigenvalue weighted by Gasteiger charge is 2.88. The molecule has 1 unspecified atom stereocenters. The summed E-state index contributed by atoms with van der Waals surface area (Å²) in [7, 11) is -33.1. The van der Waals surface area contributed by atoms with Crippen LogP contribution in [0.5, 0.6) is 0 Å². The first-order valence-corrected chi connectivity index (χ1v) is 45.0. The van der Waals surface area contributed by atoms with Gasteiger partial charge in [0.2, 0.25) is 0 Å². The van der Waals surface area contributed by atoms with Crippen LogP contribution in [0.2, 0.25) is 44.8 Å². The molecular formula is C50H79O12PSi8. The average molecular weight is 1130 g/mol. The van der Waals surface area contributed by atoms with Gasteiger partial charge >= 0.3 is 70.4 Å². The van der Waals surface area contributed by atoms with Crippen molar-refractivity contribution in [3.63, 3.8) is 0 Å². The van der Waals surface area contributed by atoms with E-state index in [0.717, 1.165) is 180 Å². The van der Waals surface area contributed by atoms with Crippen LogP contribution < -0.4 is 10.6 Å². The Morgan fingerprint density at radius 1 is 0.324 bits per heavy atom. The van der Waals surface area contributed by atoms with Gasteiger partial charge < -0.3 is 49.4 Å². The quantitative estimate of drug-likeness (QED) is 0.149. The van der Waals surface area contributed by atoms with E-state index in [1.54, 1.807) is 0 Å². The fraction of sp³-hybridized carbons (Fsp3) is 0.760. The molecule has 7 saturated carbocycles. The van der Waals surface area contributed by atoms with Crippen molar-refractivity contribution in [2.45, 2.75) is 237 Å². The molecule has 7 aliphatic carbocycles. The van der Waals surface area contributed by atoms with Crippen LogP contribution in [0.25, 0.3) is 0 Å². The van der Waals surface area contributed by atoms with Crippen molar-refractivity contribution >= 4 is 89.0 Å². The maximum absolute atomic E-state index is 8.71. The van der Waals surface area contributed by atoms with Gasteiger partial charge in [0.1, 0.15) is 0 Å². The average Bonchev–Trinajstić information content (AvgIpc) is 4.21. The Morgan fingerprint density at radius 2 is 0.521 bits per heavy atom. The number of hydrogen-bond donors (Lipinski definition) is 0. The summed E-state index contributed by atoms with van der Waals surface area (Å²) < 4.78 is 104. The lowest BCUT2D eigenvalue weighted by molar-refractivity contribution is -0.0456. The van der Waals surface area contributed by atoms with Crippen LogP contribution in [0.15, 0.2) is 60.7 Å². The maximum Gasteiger partial charge on any atom is 0.482 e. The van der Waals surface area contributed by atoms with Crippen molar-refractivity contribution < 1.29 is 49.4 Å². The third kappa shape index (κ3) is 8.46. The van der Waals surface area contributed by atoms with Crippen LogP contribution >= 0.6 is 7.92 Å². The zero-order valence-corrected chi connectivity index (χ0v) is 51.1. The van der Waals surface area contributed by atoms with Crippen LogP contribution in [0.4, 0.5) is 0 Å². The summed E-state index contributed by atoms with van der Waals surface area (Å²) in [5, 5.41) is 2.67. The minimum atomic E-state index is -4.16. The molecule has 0 amide bonds.